The van der Waals surface area contributed by atoms with E-state index in [1.165, 1.54) is 11.1 Å². The van der Waals surface area contributed by atoms with Crippen LogP contribution in [0, 0.1) is 5.92 Å². The summed E-state index contributed by atoms with van der Waals surface area (Å²) in [5.41, 5.74) is 2.53. The Morgan fingerprint density at radius 2 is 1.56 bits per heavy atom. The van der Waals surface area contributed by atoms with Crippen molar-refractivity contribution in [2.24, 2.45) is 5.92 Å². The number of benzene rings is 2. The summed E-state index contributed by atoms with van der Waals surface area (Å²) in [7, 11) is 0. The van der Waals surface area contributed by atoms with Crippen LogP contribution in [0.4, 0.5) is 0 Å². The van der Waals surface area contributed by atoms with Crippen LogP contribution in [0.25, 0.3) is 0 Å². The Kier molecular flexibility index (Phi) is 8.53. The number of carbonyl (C=O) groups is 1. The van der Waals surface area contributed by atoms with Crippen molar-refractivity contribution >= 4 is 5.97 Å². The molecule has 0 aliphatic carbocycles. The topological polar surface area (TPSA) is 29.5 Å². The van der Waals surface area contributed by atoms with Gasteiger partial charge in [0.05, 0.1) is 12.5 Å². The molecule has 0 radical (unpaired) electrons. The summed E-state index contributed by atoms with van der Waals surface area (Å²) in [5, 5.41) is 0. The first-order chi connectivity index (χ1) is 13.1. The number of esters is 1. The van der Waals surface area contributed by atoms with Crippen LogP contribution in [-0.4, -0.2) is 23.5 Å². The van der Waals surface area contributed by atoms with Crippen LogP contribution in [-0.2, 0) is 16.1 Å². The fourth-order valence-electron chi connectivity index (χ4n) is 3.69. The van der Waals surface area contributed by atoms with Gasteiger partial charge in [0.1, 0.15) is 0 Å². The van der Waals surface area contributed by atoms with E-state index in [2.05, 4.69) is 67.3 Å². The molecular weight excluding hydrogens is 334 g/mol. The molecule has 2 aromatic carbocycles. The molecule has 0 saturated carbocycles. The molecule has 2 rings (SSSR count). The molecule has 0 N–H and O–H groups in total. The fourth-order valence-corrected chi connectivity index (χ4v) is 3.69. The summed E-state index contributed by atoms with van der Waals surface area (Å²) < 4.78 is 5.35. The molecule has 3 atom stereocenters. The normalized spacial score (nSPS) is 14.6. The van der Waals surface area contributed by atoms with E-state index < -0.39 is 0 Å². The van der Waals surface area contributed by atoms with Crippen molar-refractivity contribution in [1.82, 2.24) is 4.90 Å². The molecule has 0 bridgehead atoms. The predicted molar refractivity (Wildman–Crippen MR) is 111 cm³/mol. The zero-order valence-corrected chi connectivity index (χ0v) is 17.1. The number of carbonyl (C=O) groups excluding carboxylic acids is 1. The molecule has 2 aromatic rings. The smallest absolute Gasteiger partial charge is 0.310 e. The van der Waals surface area contributed by atoms with Crippen molar-refractivity contribution in [2.45, 2.75) is 59.2 Å². The fraction of sp³-hybridized carbons (Fsp3) is 0.458. The molecule has 0 spiro atoms. The van der Waals surface area contributed by atoms with Crippen LogP contribution >= 0.6 is 0 Å². The third kappa shape index (κ3) is 5.93. The molecule has 3 nitrogen and oxygen atoms in total. The lowest BCUT2D eigenvalue weighted by Gasteiger charge is -2.39. The summed E-state index contributed by atoms with van der Waals surface area (Å²) in [4.78, 5) is 15.0. The van der Waals surface area contributed by atoms with Gasteiger partial charge in [-0.3, -0.25) is 9.69 Å². The highest BCUT2D eigenvalue weighted by molar-refractivity contribution is 5.72. The maximum atomic E-state index is 12.5. The Morgan fingerprint density at radius 1 is 0.963 bits per heavy atom. The Balaban J connectivity index is 2.36. The Morgan fingerprint density at radius 3 is 2.11 bits per heavy atom. The van der Waals surface area contributed by atoms with E-state index in [1.54, 1.807) is 0 Å². The maximum absolute atomic E-state index is 12.5. The SMILES string of the molecule is CCC[C@H]([C@@H](C)C(=O)OCC)N(Cc1ccccc1)[C@H](C)c1ccccc1. The van der Waals surface area contributed by atoms with Crippen molar-refractivity contribution in [1.29, 1.82) is 0 Å². The van der Waals surface area contributed by atoms with Gasteiger partial charge in [-0.1, -0.05) is 80.9 Å². The van der Waals surface area contributed by atoms with Gasteiger partial charge in [0.2, 0.25) is 0 Å². The number of hydrogen-bond donors (Lipinski definition) is 0. The summed E-state index contributed by atoms with van der Waals surface area (Å²) in [5.74, 6) is -0.269. The van der Waals surface area contributed by atoms with E-state index in [-0.39, 0.29) is 24.0 Å². The monoisotopic (exact) mass is 367 g/mol. The lowest BCUT2D eigenvalue weighted by atomic mass is 9.92. The van der Waals surface area contributed by atoms with Gasteiger partial charge >= 0.3 is 5.97 Å². The largest absolute Gasteiger partial charge is 0.466 e. The van der Waals surface area contributed by atoms with Gasteiger partial charge in [0.15, 0.2) is 0 Å². The van der Waals surface area contributed by atoms with Gasteiger partial charge < -0.3 is 4.74 Å². The van der Waals surface area contributed by atoms with E-state index >= 15 is 0 Å². The molecule has 0 aliphatic heterocycles. The van der Waals surface area contributed by atoms with Gasteiger partial charge in [-0.2, -0.15) is 0 Å². The molecular formula is C24H33NO2. The van der Waals surface area contributed by atoms with Gasteiger partial charge in [-0.15, -0.1) is 0 Å². The second kappa shape index (κ2) is 10.9. The number of rotatable bonds is 10. The highest BCUT2D eigenvalue weighted by Gasteiger charge is 2.32. The van der Waals surface area contributed by atoms with Crippen molar-refractivity contribution in [3.05, 3.63) is 71.8 Å². The van der Waals surface area contributed by atoms with Crippen LogP contribution in [0.2, 0.25) is 0 Å². The first-order valence-corrected chi connectivity index (χ1v) is 10.1. The predicted octanol–water partition coefficient (Wildman–Crippen LogP) is 5.62. The highest BCUT2D eigenvalue weighted by Crippen LogP contribution is 2.30. The third-order valence-electron chi connectivity index (χ3n) is 5.23. The molecule has 0 fully saturated rings. The average molecular weight is 368 g/mol. The van der Waals surface area contributed by atoms with Crippen LogP contribution in [0.5, 0.6) is 0 Å². The molecule has 0 amide bonds. The standard InChI is InChI=1S/C24H33NO2/c1-5-13-23(19(3)24(26)27-6-2)25(18-21-14-9-7-10-15-21)20(4)22-16-11-8-12-17-22/h7-12,14-17,19-20,23H,5-6,13,18H2,1-4H3/t19-,20-,23-/m1/s1. The molecule has 3 heteroatoms. The number of hydrogen-bond acceptors (Lipinski definition) is 3. The minimum Gasteiger partial charge on any atom is -0.466 e. The minimum absolute atomic E-state index is 0.103. The molecule has 0 saturated heterocycles. The van der Waals surface area contributed by atoms with Gasteiger partial charge in [-0.25, -0.2) is 0 Å². The lowest BCUT2D eigenvalue weighted by Crippen LogP contribution is -2.44. The average Bonchev–Trinajstić information content (AvgIpc) is 2.71. The zero-order chi connectivity index (χ0) is 19.6. The van der Waals surface area contributed by atoms with Crippen molar-refractivity contribution in [3.63, 3.8) is 0 Å². The summed E-state index contributed by atoms with van der Waals surface area (Å²) in [6.07, 6.45) is 1.99. The Bertz CT molecular complexity index is 671. The Labute approximate surface area is 164 Å². The van der Waals surface area contributed by atoms with E-state index in [0.717, 1.165) is 19.4 Å². The van der Waals surface area contributed by atoms with E-state index in [1.807, 2.05) is 26.0 Å². The number of ether oxygens (including phenoxy) is 1. The van der Waals surface area contributed by atoms with Gasteiger partial charge in [0, 0.05) is 18.6 Å². The van der Waals surface area contributed by atoms with Gasteiger partial charge in [0.25, 0.3) is 0 Å². The van der Waals surface area contributed by atoms with Crippen molar-refractivity contribution < 1.29 is 9.53 Å². The zero-order valence-electron chi connectivity index (χ0n) is 17.1. The van der Waals surface area contributed by atoms with E-state index in [9.17, 15) is 4.79 Å². The molecule has 0 aliphatic rings. The molecule has 0 heterocycles. The van der Waals surface area contributed by atoms with Crippen LogP contribution in [0.3, 0.4) is 0 Å². The summed E-state index contributed by atoms with van der Waals surface area (Å²) in [6, 6.07) is 21.4. The first kappa shape index (κ1) is 21.2. The quantitative estimate of drug-likeness (QED) is 0.511. The third-order valence-corrected chi connectivity index (χ3v) is 5.23. The maximum Gasteiger partial charge on any atom is 0.310 e. The van der Waals surface area contributed by atoms with Crippen LogP contribution in [0.15, 0.2) is 60.7 Å². The van der Waals surface area contributed by atoms with Crippen LogP contribution < -0.4 is 0 Å². The van der Waals surface area contributed by atoms with E-state index in [4.69, 9.17) is 4.74 Å². The second-order valence-corrected chi connectivity index (χ2v) is 7.14. The van der Waals surface area contributed by atoms with E-state index in [0.29, 0.717) is 6.61 Å². The Hall–Kier alpha value is -2.13. The molecule has 146 valence electrons. The second-order valence-electron chi connectivity index (χ2n) is 7.14. The molecule has 27 heavy (non-hydrogen) atoms. The van der Waals surface area contributed by atoms with Crippen molar-refractivity contribution in [2.75, 3.05) is 6.61 Å². The highest BCUT2D eigenvalue weighted by atomic mass is 16.5. The molecule has 0 aromatic heterocycles. The lowest BCUT2D eigenvalue weighted by molar-refractivity contribution is -0.150. The minimum atomic E-state index is -0.167. The molecule has 0 unspecified atom stereocenters. The van der Waals surface area contributed by atoms with Gasteiger partial charge in [-0.05, 0) is 31.4 Å². The summed E-state index contributed by atoms with van der Waals surface area (Å²) in [6.45, 7) is 9.53. The first-order valence-electron chi connectivity index (χ1n) is 10.1. The summed E-state index contributed by atoms with van der Waals surface area (Å²) >= 11 is 0. The van der Waals surface area contributed by atoms with Crippen LogP contribution in [0.1, 0.15) is 57.7 Å². The number of nitrogens with zero attached hydrogens (tertiary/aromatic N) is 1. The van der Waals surface area contributed by atoms with Crippen molar-refractivity contribution in [3.8, 4) is 0 Å².